The molecule has 0 bridgehead atoms. The highest BCUT2D eigenvalue weighted by atomic mass is 19.1. The molecule has 156 valence electrons. The molecule has 1 aliphatic heterocycles. The van der Waals surface area contributed by atoms with E-state index in [0.29, 0.717) is 36.1 Å². The number of benzene rings is 1. The Morgan fingerprint density at radius 2 is 1.87 bits per heavy atom. The fourth-order valence-corrected chi connectivity index (χ4v) is 3.84. The molecule has 1 aliphatic carbocycles. The Kier molecular flexibility index (Phi) is 5.08. The summed E-state index contributed by atoms with van der Waals surface area (Å²) in [6, 6.07) is 9.29. The van der Waals surface area contributed by atoms with E-state index in [1.165, 1.54) is 19.2 Å². The molecule has 0 radical (unpaired) electrons. The molecule has 2 aromatic heterocycles. The number of halogens is 1. The summed E-state index contributed by atoms with van der Waals surface area (Å²) in [5.74, 6) is 2.28. The van der Waals surface area contributed by atoms with Crippen molar-refractivity contribution in [2.24, 2.45) is 0 Å². The third kappa shape index (κ3) is 3.87. The Balaban J connectivity index is 1.25. The smallest absolute Gasteiger partial charge is 0.191 e. The molecule has 8 heteroatoms. The number of hydrogen-bond acceptors (Lipinski definition) is 7. The lowest BCUT2D eigenvalue weighted by atomic mass is 10.1. The Bertz CT molecular complexity index is 1010. The summed E-state index contributed by atoms with van der Waals surface area (Å²) in [5, 5.41) is 4.20. The van der Waals surface area contributed by atoms with Gasteiger partial charge in [-0.05, 0) is 37.1 Å². The molecule has 7 nitrogen and oxygen atoms in total. The molecular formula is C22H24FN5O2. The summed E-state index contributed by atoms with van der Waals surface area (Å²) in [5.41, 5.74) is 1.98. The zero-order valence-corrected chi connectivity index (χ0v) is 16.9. The van der Waals surface area contributed by atoms with Gasteiger partial charge in [-0.25, -0.2) is 14.4 Å². The molecule has 0 amide bonds. The largest absolute Gasteiger partial charge is 0.497 e. The van der Waals surface area contributed by atoms with Crippen molar-refractivity contribution in [2.75, 3.05) is 38.2 Å². The maximum Gasteiger partial charge on any atom is 0.191 e. The van der Waals surface area contributed by atoms with Crippen LogP contribution in [0.25, 0.3) is 11.3 Å². The van der Waals surface area contributed by atoms with Crippen LogP contribution in [0.4, 0.5) is 10.2 Å². The Hall–Kier alpha value is -3.00. The van der Waals surface area contributed by atoms with Gasteiger partial charge < -0.3 is 14.2 Å². The molecule has 3 heterocycles. The average molecular weight is 409 g/mol. The van der Waals surface area contributed by atoms with Gasteiger partial charge in [0.2, 0.25) is 0 Å². The lowest BCUT2D eigenvalue weighted by molar-refractivity contribution is 0.240. The molecule has 1 saturated heterocycles. The molecule has 0 spiro atoms. The minimum atomic E-state index is -0.387. The van der Waals surface area contributed by atoms with Crippen molar-refractivity contribution in [3.8, 4) is 17.0 Å². The van der Waals surface area contributed by atoms with Gasteiger partial charge >= 0.3 is 0 Å². The second-order valence-corrected chi connectivity index (χ2v) is 7.85. The monoisotopic (exact) mass is 409 g/mol. The van der Waals surface area contributed by atoms with E-state index in [-0.39, 0.29) is 5.82 Å². The van der Waals surface area contributed by atoms with Gasteiger partial charge in [0.25, 0.3) is 0 Å². The summed E-state index contributed by atoms with van der Waals surface area (Å²) in [7, 11) is 1.60. The zero-order chi connectivity index (χ0) is 20.5. The van der Waals surface area contributed by atoms with Gasteiger partial charge in [-0.1, -0.05) is 5.16 Å². The van der Waals surface area contributed by atoms with E-state index in [2.05, 4.69) is 26.1 Å². The van der Waals surface area contributed by atoms with Crippen LogP contribution in [0.2, 0.25) is 0 Å². The van der Waals surface area contributed by atoms with Crippen molar-refractivity contribution in [1.82, 2.24) is 20.0 Å². The van der Waals surface area contributed by atoms with Crippen LogP contribution in [0.15, 0.2) is 41.2 Å². The van der Waals surface area contributed by atoms with Crippen LogP contribution >= 0.6 is 0 Å². The van der Waals surface area contributed by atoms with Gasteiger partial charge in [0.05, 0.1) is 12.8 Å². The van der Waals surface area contributed by atoms with Crippen molar-refractivity contribution in [2.45, 2.75) is 25.3 Å². The Morgan fingerprint density at radius 1 is 1.10 bits per heavy atom. The number of rotatable bonds is 6. The molecule has 1 aromatic carbocycles. The van der Waals surface area contributed by atoms with Crippen LogP contribution < -0.4 is 9.64 Å². The van der Waals surface area contributed by atoms with Crippen LogP contribution in [0.3, 0.4) is 0 Å². The van der Waals surface area contributed by atoms with Crippen LogP contribution in [0, 0.1) is 5.82 Å². The van der Waals surface area contributed by atoms with E-state index in [1.807, 2.05) is 4.90 Å². The van der Waals surface area contributed by atoms with Gasteiger partial charge in [0.15, 0.2) is 11.6 Å². The molecule has 1 saturated carbocycles. The molecule has 5 rings (SSSR count). The van der Waals surface area contributed by atoms with Gasteiger partial charge in [-0.2, -0.15) is 0 Å². The second-order valence-electron chi connectivity index (χ2n) is 7.85. The zero-order valence-electron chi connectivity index (χ0n) is 16.9. The topological polar surface area (TPSA) is 67.5 Å². The van der Waals surface area contributed by atoms with Crippen LogP contribution in [0.5, 0.6) is 5.75 Å². The van der Waals surface area contributed by atoms with Gasteiger partial charge in [-0.15, -0.1) is 0 Å². The fraction of sp³-hybridized carbons (Fsp3) is 0.409. The third-order valence-electron chi connectivity index (χ3n) is 5.75. The quantitative estimate of drug-likeness (QED) is 0.617. The number of piperazine rings is 1. The maximum atomic E-state index is 15.2. The first-order valence-corrected chi connectivity index (χ1v) is 10.3. The molecule has 2 aliphatic rings. The summed E-state index contributed by atoms with van der Waals surface area (Å²) in [4.78, 5) is 12.7. The third-order valence-corrected chi connectivity index (χ3v) is 5.75. The van der Waals surface area contributed by atoms with E-state index in [0.717, 1.165) is 36.8 Å². The predicted molar refractivity (Wildman–Crippen MR) is 110 cm³/mol. The lowest BCUT2D eigenvalue weighted by Gasteiger charge is -2.35. The van der Waals surface area contributed by atoms with Crippen molar-refractivity contribution < 1.29 is 13.7 Å². The Labute approximate surface area is 174 Å². The normalized spacial score (nSPS) is 17.3. The first-order chi connectivity index (χ1) is 14.7. The van der Waals surface area contributed by atoms with Crippen LogP contribution in [-0.2, 0) is 6.54 Å². The van der Waals surface area contributed by atoms with Crippen molar-refractivity contribution in [3.05, 3.63) is 53.9 Å². The van der Waals surface area contributed by atoms with Gasteiger partial charge in [0, 0.05) is 50.3 Å². The summed E-state index contributed by atoms with van der Waals surface area (Å²) >= 11 is 0. The maximum absolute atomic E-state index is 15.2. The average Bonchev–Trinajstić information content (AvgIpc) is 3.54. The van der Waals surface area contributed by atoms with E-state index in [4.69, 9.17) is 9.26 Å². The molecule has 0 N–H and O–H groups in total. The SMILES string of the molecule is COc1ccc(-c2ncnc(N3CCN(Cc4cc(C5CC5)on4)CC3)c2F)cc1. The molecule has 30 heavy (non-hydrogen) atoms. The van der Waals surface area contributed by atoms with E-state index in [1.54, 1.807) is 31.4 Å². The number of nitrogens with zero attached hydrogens (tertiary/aromatic N) is 5. The van der Waals surface area contributed by atoms with Crippen molar-refractivity contribution in [3.63, 3.8) is 0 Å². The van der Waals surface area contributed by atoms with E-state index < -0.39 is 0 Å². The molecule has 0 atom stereocenters. The lowest BCUT2D eigenvalue weighted by Crippen LogP contribution is -2.46. The highest BCUT2D eigenvalue weighted by Gasteiger charge is 2.28. The first-order valence-electron chi connectivity index (χ1n) is 10.3. The molecule has 0 unspecified atom stereocenters. The van der Waals surface area contributed by atoms with Crippen molar-refractivity contribution in [1.29, 1.82) is 0 Å². The number of hydrogen-bond donors (Lipinski definition) is 0. The Morgan fingerprint density at radius 3 is 2.57 bits per heavy atom. The van der Waals surface area contributed by atoms with E-state index >= 15 is 4.39 Å². The summed E-state index contributed by atoms with van der Waals surface area (Å²) < 4.78 is 25.8. The highest BCUT2D eigenvalue weighted by molar-refractivity contribution is 5.64. The van der Waals surface area contributed by atoms with E-state index in [9.17, 15) is 0 Å². The van der Waals surface area contributed by atoms with Crippen LogP contribution in [-0.4, -0.2) is 53.3 Å². The fourth-order valence-electron chi connectivity index (χ4n) is 3.84. The summed E-state index contributed by atoms with van der Waals surface area (Å²) in [6.45, 7) is 3.78. The molecular weight excluding hydrogens is 385 g/mol. The number of ether oxygens (including phenoxy) is 1. The minimum Gasteiger partial charge on any atom is -0.497 e. The summed E-state index contributed by atoms with van der Waals surface area (Å²) in [6.07, 6.45) is 3.84. The number of methoxy groups -OCH3 is 1. The molecule has 2 fully saturated rings. The number of aromatic nitrogens is 3. The number of anilines is 1. The minimum absolute atomic E-state index is 0.306. The van der Waals surface area contributed by atoms with Gasteiger partial charge in [-0.3, -0.25) is 4.90 Å². The van der Waals surface area contributed by atoms with Crippen molar-refractivity contribution >= 4 is 5.82 Å². The molecule has 3 aromatic rings. The standard InChI is InChI=1S/C22H24FN5O2/c1-29-18-6-4-16(5-7-18)21-20(23)22(25-14-24-21)28-10-8-27(9-11-28)13-17-12-19(30-26-17)15-2-3-15/h4-7,12,14-15H,2-3,8-11,13H2,1H3. The van der Waals surface area contributed by atoms with Crippen LogP contribution in [0.1, 0.15) is 30.2 Å². The second kappa shape index (κ2) is 8.02. The predicted octanol–water partition coefficient (Wildman–Crippen LogP) is 3.48. The first kappa shape index (κ1) is 19.0. The highest BCUT2D eigenvalue weighted by Crippen LogP contribution is 2.40. The van der Waals surface area contributed by atoms with Gasteiger partial charge in [0.1, 0.15) is 23.5 Å².